The monoisotopic (exact) mass is 518 g/mol. The summed E-state index contributed by atoms with van der Waals surface area (Å²) < 4.78 is 66.9. The molecule has 0 saturated carbocycles. The molecule has 0 radical (unpaired) electrons. The molecule has 0 aliphatic rings. The minimum Gasteiger partial charge on any atom is -0.324 e. The molecule has 0 atom stereocenters. The van der Waals surface area contributed by atoms with Crippen molar-refractivity contribution in [2.24, 2.45) is 0 Å². The summed E-state index contributed by atoms with van der Waals surface area (Å²) in [7, 11) is -3.83. The summed E-state index contributed by atoms with van der Waals surface area (Å²) >= 11 is 5.84. The molecule has 4 aromatic rings. The van der Waals surface area contributed by atoms with Gasteiger partial charge in [0.25, 0.3) is 10.0 Å². The Bertz CT molecular complexity index is 1480. The topological polar surface area (TPSA) is 84.0 Å². The minimum atomic E-state index is -4.59. The maximum Gasteiger partial charge on any atom is 0.433 e. The van der Waals surface area contributed by atoms with E-state index in [1.54, 1.807) is 36.4 Å². The lowest BCUT2D eigenvalue weighted by Gasteiger charge is -2.13. The summed E-state index contributed by atoms with van der Waals surface area (Å²) in [5.41, 5.74) is 2.00. The van der Waals surface area contributed by atoms with Gasteiger partial charge in [0.1, 0.15) is 5.69 Å². The fourth-order valence-electron chi connectivity index (χ4n) is 3.32. The molecule has 180 valence electrons. The fraction of sp³-hybridized carbons (Fsp3) is 0.0833. The predicted octanol–water partition coefficient (Wildman–Crippen LogP) is 6.67. The molecule has 0 bridgehead atoms. The molecule has 0 unspecified atom stereocenters. The van der Waals surface area contributed by atoms with E-state index in [4.69, 9.17) is 11.6 Å². The molecule has 1 aromatic heterocycles. The molecule has 4 rings (SSSR count). The zero-order valence-electron chi connectivity index (χ0n) is 18.1. The van der Waals surface area contributed by atoms with E-state index < -0.39 is 21.9 Å². The Labute approximate surface area is 204 Å². The molecule has 1 heterocycles. The Morgan fingerprint density at radius 2 is 1.60 bits per heavy atom. The van der Waals surface area contributed by atoms with Crippen LogP contribution < -0.4 is 10.0 Å². The van der Waals surface area contributed by atoms with Crippen molar-refractivity contribution >= 4 is 38.9 Å². The Morgan fingerprint density at radius 3 is 2.31 bits per heavy atom. The molecule has 0 aliphatic carbocycles. The summed E-state index contributed by atoms with van der Waals surface area (Å²) in [5.74, 6) is -0.194. The van der Waals surface area contributed by atoms with Crippen molar-refractivity contribution in [3.8, 4) is 11.1 Å². The van der Waals surface area contributed by atoms with Crippen molar-refractivity contribution in [3.05, 3.63) is 95.3 Å². The van der Waals surface area contributed by atoms with Gasteiger partial charge in [-0.2, -0.15) is 13.2 Å². The van der Waals surface area contributed by atoms with Crippen molar-refractivity contribution in [2.45, 2.75) is 18.0 Å². The van der Waals surface area contributed by atoms with E-state index in [2.05, 4.69) is 20.0 Å². The highest BCUT2D eigenvalue weighted by Crippen LogP contribution is 2.30. The molecule has 0 saturated heterocycles. The second-order valence-corrected chi connectivity index (χ2v) is 9.74. The SMILES string of the molecule is Cc1cc(Nc2nccc(C(F)(F)F)n2)cc(-c2cccc(NS(=O)(=O)c3ccc(Cl)cc3)c2)c1. The first-order valence-corrected chi connectivity index (χ1v) is 12.0. The van der Waals surface area contributed by atoms with E-state index in [0.29, 0.717) is 27.5 Å². The molecular weight excluding hydrogens is 501 g/mol. The van der Waals surface area contributed by atoms with E-state index in [-0.39, 0.29) is 10.8 Å². The van der Waals surface area contributed by atoms with Crippen LogP contribution in [0.1, 0.15) is 11.3 Å². The number of aromatic nitrogens is 2. The maximum absolute atomic E-state index is 13.0. The van der Waals surface area contributed by atoms with Gasteiger partial charge in [-0.3, -0.25) is 4.72 Å². The van der Waals surface area contributed by atoms with E-state index in [1.165, 1.54) is 24.3 Å². The molecule has 3 aromatic carbocycles. The number of halogens is 4. The van der Waals surface area contributed by atoms with Crippen molar-refractivity contribution in [2.75, 3.05) is 10.0 Å². The van der Waals surface area contributed by atoms with Crippen molar-refractivity contribution < 1.29 is 21.6 Å². The van der Waals surface area contributed by atoms with Crippen LogP contribution in [0, 0.1) is 6.92 Å². The molecule has 35 heavy (non-hydrogen) atoms. The summed E-state index contributed by atoms with van der Waals surface area (Å²) in [5, 5.41) is 3.22. The number of rotatable bonds is 6. The molecule has 11 heteroatoms. The fourth-order valence-corrected chi connectivity index (χ4v) is 4.49. The standard InChI is InChI=1S/C24H18ClF3N4O2S/c1-15-11-17(14-20(12-15)30-23-29-10-9-22(31-23)24(26,27)28)16-3-2-4-19(13-16)32-35(33,34)21-7-5-18(25)6-8-21/h2-14,32H,1H3,(H,29,30,31). The smallest absolute Gasteiger partial charge is 0.324 e. The van der Waals surface area contributed by atoms with Gasteiger partial charge in [-0.1, -0.05) is 29.8 Å². The van der Waals surface area contributed by atoms with Gasteiger partial charge in [0.2, 0.25) is 5.95 Å². The van der Waals surface area contributed by atoms with E-state index in [9.17, 15) is 21.6 Å². The van der Waals surface area contributed by atoms with Gasteiger partial charge >= 0.3 is 6.18 Å². The van der Waals surface area contributed by atoms with Gasteiger partial charge in [-0.15, -0.1) is 0 Å². The molecule has 6 nitrogen and oxygen atoms in total. The normalized spacial score (nSPS) is 11.8. The van der Waals surface area contributed by atoms with E-state index in [1.807, 2.05) is 13.0 Å². The third kappa shape index (κ3) is 6.09. The third-order valence-electron chi connectivity index (χ3n) is 4.85. The first-order valence-electron chi connectivity index (χ1n) is 10.2. The third-order valence-corrected chi connectivity index (χ3v) is 6.50. The predicted molar refractivity (Wildman–Crippen MR) is 129 cm³/mol. The Balaban J connectivity index is 1.61. The summed E-state index contributed by atoms with van der Waals surface area (Å²) in [6, 6.07) is 18.7. The van der Waals surface area contributed by atoms with Crippen LogP contribution in [0.3, 0.4) is 0 Å². The van der Waals surface area contributed by atoms with E-state index in [0.717, 1.165) is 17.8 Å². The van der Waals surface area contributed by atoms with Crippen LogP contribution in [0.15, 0.2) is 83.9 Å². The minimum absolute atomic E-state index is 0.0652. The molecule has 2 N–H and O–H groups in total. The van der Waals surface area contributed by atoms with Gasteiger partial charge < -0.3 is 5.32 Å². The lowest BCUT2D eigenvalue weighted by atomic mass is 10.0. The maximum atomic E-state index is 13.0. The van der Waals surface area contributed by atoms with Gasteiger partial charge in [-0.05, 0) is 78.2 Å². The number of aryl methyl sites for hydroxylation is 1. The number of hydrogen-bond acceptors (Lipinski definition) is 5. The van der Waals surface area contributed by atoms with E-state index >= 15 is 0 Å². The van der Waals surface area contributed by atoms with Crippen LogP contribution in [0.5, 0.6) is 0 Å². The average molecular weight is 519 g/mol. The Hall–Kier alpha value is -3.63. The number of nitrogens with zero attached hydrogens (tertiary/aromatic N) is 2. The number of benzene rings is 3. The van der Waals surface area contributed by atoms with Crippen molar-refractivity contribution in [3.63, 3.8) is 0 Å². The average Bonchev–Trinajstić information content (AvgIpc) is 2.78. The van der Waals surface area contributed by atoms with Crippen LogP contribution in [0.25, 0.3) is 11.1 Å². The number of anilines is 3. The van der Waals surface area contributed by atoms with Crippen LogP contribution in [-0.4, -0.2) is 18.4 Å². The molecular formula is C24H18ClF3N4O2S. The van der Waals surface area contributed by atoms with Crippen molar-refractivity contribution in [1.82, 2.24) is 9.97 Å². The summed E-state index contributed by atoms with van der Waals surface area (Å²) in [6.07, 6.45) is -3.55. The molecule has 0 fully saturated rings. The number of sulfonamides is 1. The summed E-state index contributed by atoms with van der Waals surface area (Å²) in [6.45, 7) is 1.83. The second kappa shape index (κ2) is 9.55. The highest BCUT2D eigenvalue weighted by atomic mass is 35.5. The lowest BCUT2D eigenvalue weighted by Crippen LogP contribution is -2.12. The van der Waals surface area contributed by atoms with Crippen LogP contribution in [0.4, 0.5) is 30.5 Å². The zero-order valence-corrected chi connectivity index (χ0v) is 19.7. The Kier molecular flexibility index (Phi) is 6.68. The highest BCUT2D eigenvalue weighted by Gasteiger charge is 2.32. The lowest BCUT2D eigenvalue weighted by molar-refractivity contribution is -0.141. The van der Waals surface area contributed by atoms with Crippen LogP contribution in [-0.2, 0) is 16.2 Å². The van der Waals surface area contributed by atoms with Gasteiger partial charge in [0.05, 0.1) is 4.90 Å². The molecule has 0 aliphatic heterocycles. The Morgan fingerprint density at radius 1 is 0.886 bits per heavy atom. The molecule has 0 spiro atoms. The number of alkyl halides is 3. The van der Waals surface area contributed by atoms with Gasteiger partial charge in [0.15, 0.2) is 0 Å². The highest BCUT2D eigenvalue weighted by molar-refractivity contribution is 7.92. The van der Waals surface area contributed by atoms with Gasteiger partial charge in [0, 0.05) is 22.6 Å². The van der Waals surface area contributed by atoms with Crippen molar-refractivity contribution in [1.29, 1.82) is 0 Å². The molecule has 0 amide bonds. The number of hydrogen-bond donors (Lipinski definition) is 2. The second-order valence-electron chi connectivity index (χ2n) is 7.62. The largest absolute Gasteiger partial charge is 0.433 e. The first-order chi connectivity index (χ1) is 16.5. The van der Waals surface area contributed by atoms with Crippen LogP contribution >= 0.6 is 11.6 Å². The number of nitrogens with one attached hydrogen (secondary N) is 2. The van der Waals surface area contributed by atoms with Crippen LogP contribution in [0.2, 0.25) is 5.02 Å². The van der Waals surface area contributed by atoms with Gasteiger partial charge in [-0.25, -0.2) is 18.4 Å². The summed E-state index contributed by atoms with van der Waals surface area (Å²) in [4.78, 5) is 7.45. The zero-order chi connectivity index (χ0) is 25.2. The first kappa shape index (κ1) is 24.5. The quantitative estimate of drug-likeness (QED) is 0.298.